The van der Waals surface area contributed by atoms with Gasteiger partial charge >= 0.3 is 0 Å². The van der Waals surface area contributed by atoms with Crippen molar-refractivity contribution in [2.75, 3.05) is 25.5 Å². The Labute approximate surface area is 105 Å². The molecule has 0 aliphatic carbocycles. The van der Waals surface area contributed by atoms with Gasteiger partial charge in [0.2, 0.25) is 0 Å². The van der Waals surface area contributed by atoms with Crippen LogP contribution in [0.2, 0.25) is 0 Å². The van der Waals surface area contributed by atoms with Crippen LogP contribution in [-0.4, -0.2) is 25.6 Å². The largest absolute Gasteiger partial charge is 0.374 e. The molecule has 0 radical (unpaired) electrons. The van der Waals surface area contributed by atoms with Crippen molar-refractivity contribution in [2.45, 2.75) is 33.7 Å². The highest BCUT2D eigenvalue weighted by molar-refractivity contribution is 5.53. The van der Waals surface area contributed by atoms with Gasteiger partial charge in [0.25, 0.3) is 0 Å². The molecule has 0 aromatic carbocycles. The van der Waals surface area contributed by atoms with Crippen LogP contribution >= 0.6 is 0 Å². The number of anilines is 1. The van der Waals surface area contributed by atoms with E-state index in [2.05, 4.69) is 42.2 Å². The molecule has 17 heavy (non-hydrogen) atoms. The van der Waals surface area contributed by atoms with E-state index in [1.807, 2.05) is 20.2 Å². The number of pyridine rings is 1. The van der Waals surface area contributed by atoms with Gasteiger partial charge in [-0.15, -0.1) is 0 Å². The molecule has 3 nitrogen and oxygen atoms in total. The first-order chi connectivity index (χ1) is 8.08. The lowest BCUT2D eigenvalue weighted by molar-refractivity contribution is 0.558. The highest BCUT2D eigenvalue weighted by Gasteiger charge is 2.10. The van der Waals surface area contributed by atoms with Gasteiger partial charge in [0.15, 0.2) is 0 Å². The van der Waals surface area contributed by atoms with Gasteiger partial charge in [-0.05, 0) is 26.0 Å². The first-order valence-corrected chi connectivity index (χ1v) is 6.39. The third kappa shape index (κ3) is 4.00. The van der Waals surface area contributed by atoms with Gasteiger partial charge in [-0.1, -0.05) is 20.3 Å². The number of nitrogens with one attached hydrogen (secondary N) is 1. The molecule has 1 N–H and O–H groups in total. The Hall–Kier alpha value is -1.09. The highest BCUT2D eigenvalue weighted by Crippen LogP contribution is 2.21. The summed E-state index contributed by atoms with van der Waals surface area (Å²) in [7, 11) is 4.14. The molecule has 1 rings (SSSR count). The van der Waals surface area contributed by atoms with E-state index in [9.17, 15) is 0 Å². The SMILES string of the molecule is CCC(C)CN(C)c1cc(C)ncc1CNC. The van der Waals surface area contributed by atoms with E-state index in [-0.39, 0.29) is 0 Å². The molecule has 0 saturated heterocycles. The fourth-order valence-electron chi connectivity index (χ4n) is 1.95. The summed E-state index contributed by atoms with van der Waals surface area (Å²) < 4.78 is 0. The number of hydrogen-bond donors (Lipinski definition) is 1. The predicted molar refractivity (Wildman–Crippen MR) is 74.5 cm³/mol. The molecular weight excluding hydrogens is 210 g/mol. The Morgan fingerprint density at radius 1 is 1.47 bits per heavy atom. The van der Waals surface area contributed by atoms with E-state index in [1.165, 1.54) is 17.7 Å². The van der Waals surface area contributed by atoms with Gasteiger partial charge in [-0.25, -0.2) is 0 Å². The normalized spacial score (nSPS) is 12.5. The fraction of sp³-hybridized carbons (Fsp3) is 0.643. The molecule has 96 valence electrons. The summed E-state index contributed by atoms with van der Waals surface area (Å²) in [5.41, 5.74) is 3.65. The van der Waals surface area contributed by atoms with Crippen molar-refractivity contribution in [3.8, 4) is 0 Å². The number of aromatic nitrogens is 1. The van der Waals surface area contributed by atoms with E-state index in [4.69, 9.17) is 0 Å². The minimum absolute atomic E-state index is 0.718. The minimum Gasteiger partial charge on any atom is -0.374 e. The molecule has 3 heteroatoms. The van der Waals surface area contributed by atoms with E-state index in [1.54, 1.807) is 0 Å². The Morgan fingerprint density at radius 3 is 2.76 bits per heavy atom. The predicted octanol–water partition coefficient (Wildman–Crippen LogP) is 2.59. The third-order valence-electron chi connectivity index (χ3n) is 3.16. The molecule has 0 spiro atoms. The number of aryl methyl sites for hydroxylation is 1. The molecule has 1 atom stereocenters. The topological polar surface area (TPSA) is 28.2 Å². The van der Waals surface area contributed by atoms with Gasteiger partial charge < -0.3 is 10.2 Å². The zero-order valence-electron chi connectivity index (χ0n) is 11.7. The van der Waals surface area contributed by atoms with Gasteiger partial charge in [0.1, 0.15) is 0 Å². The van der Waals surface area contributed by atoms with Crippen molar-refractivity contribution < 1.29 is 0 Å². The van der Waals surface area contributed by atoms with Crippen LogP contribution in [-0.2, 0) is 6.54 Å². The lowest BCUT2D eigenvalue weighted by Crippen LogP contribution is -2.25. The summed E-state index contributed by atoms with van der Waals surface area (Å²) in [4.78, 5) is 6.72. The van der Waals surface area contributed by atoms with Crippen molar-refractivity contribution in [3.05, 3.63) is 23.5 Å². The van der Waals surface area contributed by atoms with E-state index in [0.29, 0.717) is 0 Å². The zero-order valence-corrected chi connectivity index (χ0v) is 11.7. The van der Waals surface area contributed by atoms with Crippen LogP contribution in [0.5, 0.6) is 0 Å². The van der Waals surface area contributed by atoms with Crippen molar-refractivity contribution in [1.29, 1.82) is 0 Å². The summed E-state index contributed by atoms with van der Waals surface area (Å²) in [6, 6.07) is 2.18. The third-order valence-corrected chi connectivity index (χ3v) is 3.16. The van der Waals surface area contributed by atoms with E-state index < -0.39 is 0 Å². The number of hydrogen-bond acceptors (Lipinski definition) is 3. The van der Waals surface area contributed by atoms with Gasteiger partial charge in [-0.3, -0.25) is 4.98 Å². The number of nitrogens with zero attached hydrogens (tertiary/aromatic N) is 2. The lowest BCUT2D eigenvalue weighted by Gasteiger charge is -2.25. The summed E-state index contributed by atoms with van der Waals surface area (Å²) >= 11 is 0. The second kappa shape index (κ2) is 6.60. The molecule has 1 aromatic rings. The maximum absolute atomic E-state index is 4.37. The van der Waals surface area contributed by atoms with E-state index in [0.717, 1.165) is 24.7 Å². The minimum atomic E-state index is 0.718. The van der Waals surface area contributed by atoms with Crippen LogP contribution in [0, 0.1) is 12.8 Å². The summed E-state index contributed by atoms with van der Waals surface area (Å²) in [5, 5.41) is 3.20. The summed E-state index contributed by atoms with van der Waals surface area (Å²) in [6.07, 6.45) is 3.20. The van der Waals surface area contributed by atoms with Crippen molar-refractivity contribution in [1.82, 2.24) is 10.3 Å². The highest BCUT2D eigenvalue weighted by atomic mass is 15.1. The maximum atomic E-state index is 4.37. The maximum Gasteiger partial charge on any atom is 0.0443 e. The standard InChI is InChI=1S/C14H25N3/c1-6-11(2)10-17(5)14-7-12(3)16-9-13(14)8-15-4/h7,9,11,15H,6,8,10H2,1-5H3. The van der Waals surface area contributed by atoms with Crippen LogP contribution < -0.4 is 10.2 Å². The van der Waals surface area contributed by atoms with Crippen LogP contribution in [0.15, 0.2) is 12.3 Å². The van der Waals surface area contributed by atoms with Crippen LogP contribution in [0.3, 0.4) is 0 Å². The molecule has 1 unspecified atom stereocenters. The fourth-order valence-corrected chi connectivity index (χ4v) is 1.95. The molecule has 1 aromatic heterocycles. The second-order valence-corrected chi connectivity index (χ2v) is 4.88. The Morgan fingerprint density at radius 2 is 2.18 bits per heavy atom. The average molecular weight is 235 g/mol. The Kier molecular flexibility index (Phi) is 5.42. The Balaban J connectivity index is 2.89. The second-order valence-electron chi connectivity index (χ2n) is 4.88. The molecule has 0 amide bonds. The van der Waals surface area contributed by atoms with Crippen LogP contribution in [0.4, 0.5) is 5.69 Å². The zero-order chi connectivity index (χ0) is 12.8. The first kappa shape index (κ1) is 14.0. The molecule has 0 aliphatic heterocycles. The van der Waals surface area contributed by atoms with Crippen molar-refractivity contribution in [2.24, 2.45) is 5.92 Å². The van der Waals surface area contributed by atoms with E-state index >= 15 is 0 Å². The summed E-state index contributed by atoms with van der Waals surface area (Å²) in [5.74, 6) is 0.718. The monoisotopic (exact) mass is 235 g/mol. The van der Waals surface area contributed by atoms with Gasteiger partial charge in [0.05, 0.1) is 0 Å². The number of rotatable bonds is 6. The lowest BCUT2D eigenvalue weighted by atomic mass is 10.1. The molecule has 0 fully saturated rings. The van der Waals surface area contributed by atoms with Gasteiger partial charge in [0, 0.05) is 43.3 Å². The quantitative estimate of drug-likeness (QED) is 0.821. The first-order valence-electron chi connectivity index (χ1n) is 6.39. The summed E-state index contributed by atoms with van der Waals surface area (Å²) in [6.45, 7) is 8.54. The smallest absolute Gasteiger partial charge is 0.0443 e. The van der Waals surface area contributed by atoms with Gasteiger partial charge in [-0.2, -0.15) is 0 Å². The van der Waals surface area contributed by atoms with Crippen LogP contribution in [0.1, 0.15) is 31.5 Å². The molecule has 0 aliphatic rings. The Bertz CT molecular complexity index is 349. The molecule has 0 bridgehead atoms. The van der Waals surface area contributed by atoms with Crippen molar-refractivity contribution >= 4 is 5.69 Å². The molecule has 0 saturated carbocycles. The van der Waals surface area contributed by atoms with Crippen LogP contribution in [0.25, 0.3) is 0 Å². The molecular formula is C14H25N3. The average Bonchev–Trinajstić information content (AvgIpc) is 2.31. The molecule has 1 heterocycles. The van der Waals surface area contributed by atoms with Crippen molar-refractivity contribution in [3.63, 3.8) is 0 Å².